The predicted octanol–water partition coefficient (Wildman–Crippen LogP) is 0.326. The number of benzene rings is 1. The smallest absolute Gasteiger partial charge is 0.220 e. The van der Waals surface area contributed by atoms with Gasteiger partial charge in [-0.25, -0.2) is 0 Å². The van der Waals surface area contributed by atoms with Crippen LogP contribution in [-0.4, -0.2) is 34.9 Å². The zero-order valence-corrected chi connectivity index (χ0v) is 11.2. The topological polar surface area (TPSA) is 95.6 Å². The summed E-state index contributed by atoms with van der Waals surface area (Å²) in [7, 11) is 0. The van der Waals surface area contributed by atoms with E-state index in [1.165, 1.54) is 6.92 Å². The number of amides is 1. The van der Waals surface area contributed by atoms with Gasteiger partial charge >= 0.3 is 0 Å². The third-order valence-corrected chi connectivity index (χ3v) is 2.92. The maximum absolute atomic E-state index is 11.6. The number of hydrogen-bond acceptors (Lipinski definition) is 4. The van der Waals surface area contributed by atoms with Crippen molar-refractivity contribution in [3.63, 3.8) is 0 Å². The van der Waals surface area contributed by atoms with Crippen molar-refractivity contribution in [2.45, 2.75) is 31.4 Å². The fourth-order valence-electron chi connectivity index (χ4n) is 1.59. The van der Waals surface area contributed by atoms with Crippen LogP contribution < -0.4 is 11.1 Å². The summed E-state index contributed by atoms with van der Waals surface area (Å²) >= 11 is 0. The van der Waals surface area contributed by atoms with E-state index < -0.39 is 12.2 Å². The van der Waals surface area contributed by atoms with Crippen LogP contribution in [0.2, 0.25) is 0 Å². The average Bonchev–Trinajstić information content (AvgIpc) is 2.43. The van der Waals surface area contributed by atoms with Crippen LogP contribution in [0.1, 0.15) is 31.4 Å². The van der Waals surface area contributed by atoms with Gasteiger partial charge in [0.05, 0.1) is 6.61 Å². The fraction of sp³-hybridized carbons (Fsp3) is 0.500. The van der Waals surface area contributed by atoms with E-state index in [4.69, 9.17) is 10.8 Å². The Bertz CT molecular complexity index is 393. The van der Waals surface area contributed by atoms with E-state index in [1.807, 2.05) is 30.3 Å². The number of aliphatic hydroxyl groups excluding tert-OH is 1. The van der Waals surface area contributed by atoms with Gasteiger partial charge in [-0.05, 0) is 18.9 Å². The molecule has 0 heterocycles. The molecule has 5 nitrogen and oxygen atoms in total. The molecule has 0 aliphatic heterocycles. The van der Waals surface area contributed by atoms with Crippen molar-refractivity contribution in [3.8, 4) is 0 Å². The highest BCUT2D eigenvalue weighted by molar-refractivity contribution is 5.76. The molecule has 5 N–H and O–H groups in total. The van der Waals surface area contributed by atoms with Gasteiger partial charge in [-0.3, -0.25) is 4.79 Å². The minimum absolute atomic E-state index is 0.0307. The summed E-state index contributed by atoms with van der Waals surface area (Å²) in [5, 5.41) is 21.0. The molecule has 19 heavy (non-hydrogen) atoms. The highest BCUT2D eigenvalue weighted by Crippen LogP contribution is 2.14. The summed E-state index contributed by atoms with van der Waals surface area (Å²) in [5.74, 6) is -0.180. The van der Waals surface area contributed by atoms with Gasteiger partial charge in [-0.2, -0.15) is 0 Å². The van der Waals surface area contributed by atoms with Crippen molar-refractivity contribution in [3.05, 3.63) is 35.9 Å². The maximum Gasteiger partial charge on any atom is 0.220 e. The Kier molecular flexibility index (Phi) is 5.95. The fourth-order valence-corrected chi connectivity index (χ4v) is 1.59. The zero-order chi connectivity index (χ0) is 14.3. The molecule has 0 aliphatic rings. The highest BCUT2D eigenvalue weighted by Gasteiger charge is 2.19. The minimum Gasteiger partial charge on any atom is -0.393 e. The van der Waals surface area contributed by atoms with Crippen LogP contribution in [-0.2, 0) is 4.79 Å². The van der Waals surface area contributed by atoms with Gasteiger partial charge in [-0.1, -0.05) is 30.3 Å². The number of carbonyl (C=O) groups excluding carboxylic acids is 1. The summed E-state index contributed by atoms with van der Waals surface area (Å²) in [5.41, 5.74) is 5.70. The number of rotatable bonds is 7. The molecule has 1 rings (SSSR count). The van der Waals surface area contributed by atoms with Crippen molar-refractivity contribution in [1.29, 1.82) is 0 Å². The summed E-state index contributed by atoms with van der Waals surface area (Å²) in [4.78, 5) is 11.6. The summed E-state index contributed by atoms with van der Waals surface area (Å²) in [6.45, 7) is 1.10. The molecular formula is C14H22N2O3. The van der Waals surface area contributed by atoms with E-state index in [0.717, 1.165) is 5.56 Å². The summed E-state index contributed by atoms with van der Waals surface area (Å²) < 4.78 is 0. The van der Waals surface area contributed by atoms with Gasteiger partial charge < -0.3 is 21.3 Å². The Morgan fingerprint density at radius 3 is 2.63 bits per heavy atom. The molecule has 1 aromatic carbocycles. The lowest BCUT2D eigenvalue weighted by Gasteiger charge is -2.20. The Hall–Kier alpha value is -1.43. The lowest BCUT2D eigenvalue weighted by molar-refractivity contribution is -0.122. The molecule has 0 saturated heterocycles. The van der Waals surface area contributed by atoms with Gasteiger partial charge in [-0.15, -0.1) is 0 Å². The molecule has 5 heteroatoms. The largest absolute Gasteiger partial charge is 0.393 e. The molecule has 0 aromatic heterocycles. The number of hydrogen-bond donors (Lipinski definition) is 4. The number of nitrogens with one attached hydrogen (secondary N) is 1. The molecule has 106 valence electrons. The van der Waals surface area contributed by atoms with Gasteiger partial charge in [0.1, 0.15) is 5.60 Å². The monoisotopic (exact) mass is 266 g/mol. The molecule has 0 radical (unpaired) electrons. The first kappa shape index (κ1) is 15.6. The van der Waals surface area contributed by atoms with Crippen LogP contribution in [0.5, 0.6) is 0 Å². The predicted molar refractivity (Wildman–Crippen MR) is 73.3 cm³/mol. The quantitative estimate of drug-likeness (QED) is 0.572. The number of aliphatic hydroxyl groups is 2. The third-order valence-electron chi connectivity index (χ3n) is 2.92. The molecule has 1 amide bonds. The van der Waals surface area contributed by atoms with E-state index in [2.05, 4.69) is 5.32 Å². The van der Waals surface area contributed by atoms with E-state index in [9.17, 15) is 9.90 Å². The van der Waals surface area contributed by atoms with Gasteiger partial charge in [0, 0.05) is 19.0 Å². The second-order valence-corrected chi connectivity index (χ2v) is 4.99. The van der Waals surface area contributed by atoms with Crippen molar-refractivity contribution >= 4 is 5.91 Å². The Morgan fingerprint density at radius 1 is 1.42 bits per heavy atom. The van der Waals surface area contributed by atoms with Gasteiger partial charge in [0.25, 0.3) is 0 Å². The van der Waals surface area contributed by atoms with Crippen LogP contribution >= 0.6 is 0 Å². The van der Waals surface area contributed by atoms with Gasteiger partial charge in [0.2, 0.25) is 5.91 Å². The Labute approximate surface area is 113 Å². The lowest BCUT2D eigenvalue weighted by atomic mass is 10.0. The van der Waals surface area contributed by atoms with Crippen LogP contribution in [0.4, 0.5) is 0 Å². The standard InChI is InChI=1S/C14H22N2O3/c1-14(19,10-17)9-16-13(18)8-7-12(15)11-5-3-2-4-6-11/h2-6,12,17,19H,7-10,15H2,1H3,(H,16,18). The molecule has 0 bridgehead atoms. The van der Waals surface area contributed by atoms with E-state index in [-0.39, 0.29) is 24.9 Å². The first-order valence-electron chi connectivity index (χ1n) is 6.35. The summed E-state index contributed by atoms with van der Waals surface area (Å²) in [6, 6.07) is 9.42. The van der Waals surface area contributed by atoms with Crippen molar-refractivity contribution in [2.75, 3.05) is 13.2 Å². The first-order chi connectivity index (χ1) is 8.94. The second-order valence-electron chi connectivity index (χ2n) is 4.99. The molecular weight excluding hydrogens is 244 g/mol. The molecule has 2 unspecified atom stereocenters. The molecule has 1 aromatic rings. The van der Waals surface area contributed by atoms with Crippen LogP contribution in [0, 0.1) is 0 Å². The maximum atomic E-state index is 11.6. The molecule has 0 spiro atoms. The second kappa shape index (κ2) is 7.23. The molecule has 2 atom stereocenters. The van der Waals surface area contributed by atoms with Crippen LogP contribution in [0.25, 0.3) is 0 Å². The van der Waals surface area contributed by atoms with Crippen LogP contribution in [0.15, 0.2) is 30.3 Å². The normalized spacial score (nSPS) is 15.6. The van der Waals surface area contributed by atoms with Crippen LogP contribution in [0.3, 0.4) is 0 Å². The van der Waals surface area contributed by atoms with E-state index in [1.54, 1.807) is 0 Å². The van der Waals surface area contributed by atoms with E-state index in [0.29, 0.717) is 6.42 Å². The molecule has 0 aliphatic carbocycles. The highest BCUT2D eigenvalue weighted by atomic mass is 16.3. The summed E-state index contributed by atoms with van der Waals surface area (Å²) in [6.07, 6.45) is 0.828. The number of carbonyl (C=O) groups is 1. The lowest BCUT2D eigenvalue weighted by Crippen LogP contribution is -2.43. The number of nitrogens with two attached hydrogens (primary N) is 1. The minimum atomic E-state index is -1.28. The first-order valence-corrected chi connectivity index (χ1v) is 6.35. The van der Waals surface area contributed by atoms with Crippen molar-refractivity contribution in [2.24, 2.45) is 5.73 Å². The van der Waals surface area contributed by atoms with Crippen molar-refractivity contribution < 1.29 is 15.0 Å². The Balaban J connectivity index is 2.31. The molecule has 0 saturated carbocycles. The van der Waals surface area contributed by atoms with E-state index >= 15 is 0 Å². The Morgan fingerprint density at radius 2 is 2.05 bits per heavy atom. The zero-order valence-electron chi connectivity index (χ0n) is 11.2. The molecule has 0 fully saturated rings. The third kappa shape index (κ3) is 5.83. The average molecular weight is 266 g/mol. The SMILES string of the molecule is CC(O)(CO)CNC(=O)CCC(N)c1ccccc1. The van der Waals surface area contributed by atoms with Crippen molar-refractivity contribution in [1.82, 2.24) is 5.32 Å². The van der Waals surface area contributed by atoms with Gasteiger partial charge in [0.15, 0.2) is 0 Å².